The Morgan fingerprint density at radius 2 is 1.69 bits per heavy atom. The molecule has 2 aromatic carbocycles. The zero-order valence-corrected chi connectivity index (χ0v) is 16.5. The van der Waals surface area contributed by atoms with Crippen LogP contribution >= 0.6 is 11.6 Å². The summed E-state index contributed by atoms with van der Waals surface area (Å²) in [4.78, 5) is 20.6. The van der Waals surface area contributed by atoms with Gasteiger partial charge in [-0.05, 0) is 31.2 Å². The van der Waals surface area contributed by atoms with Crippen LogP contribution in [0, 0.1) is 17.0 Å². The number of hydrazine groups is 1. The first-order valence-corrected chi connectivity index (χ1v) is 9.99. The molecule has 1 heterocycles. The van der Waals surface area contributed by atoms with Crippen molar-refractivity contribution in [2.75, 3.05) is 10.7 Å². The van der Waals surface area contributed by atoms with Crippen LogP contribution in [0.1, 0.15) is 5.56 Å². The minimum absolute atomic E-state index is 0.0123. The molecule has 0 fully saturated rings. The summed E-state index contributed by atoms with van der Waals surface area (Å²) >= 11 is 6.06. The first-order valence-electron chi connectivity index (χ1n) is 8.13. The maximum atomic E-state index is 12.4. The number of rotatable bonds is 7. The summed E-state index contributed by atoms with van der Waals surface area (Å²) in [5, 5.41) is 14.7. The van der Waals surface area contributed by atoms with Crippen LogP contribution in [0.15, 0.2) is 59.8 Å². The van der Waals surface area contributed by atoms with Crippen LogP contribution < -0.4 is 15.6 Å². The highest BCUT2D eigenvalue weighted by Gasteiger charge is 2.25. The Morgan fingerprint density at radius 1 is 1.03 bits per heavy atom. The number of aromatic nitrogens is 2. The van der Waals surface area contributed by atoms with Crippen LogP contribution in [-0.2, 0) is 10.0 Å². The van der Waals surface area contributed by atoms with Gasteiger partial charge in [0, 0.05) is 0 Å². The number of nitrogens with one attached hydrogen (secondary N) is 3. The highest BCUT2D eigenvalue weighted by Crippen LogP contribution is 2.33. The first-order chi connectivity index (χ1) is 13.8. The van der Waals surface area contributed by atoms with Gasteiger partial charge in [0.05, 0.1) is 20.5 Å². The van der Waals surface area contributed by atoms with Crippen molar-refractivity contribution in [3.8, 4) is 0 Å². The maximum absolute atomic E-state index is 12.4. The second-order valence-corrected chi connectivity index (χ2v) is 7.91. The molecule has 0 spiro atoms. The monoisotopic (exact) mass is 434 g/mol. The Hall–Kier alpha value is -3.28. The lowest BCUT2D eigenvalue weighted by atomic mass is 10.2. The molecule has 0 aliphatic carbocycles. The third kappa shape index (κ3) is 4.77. The molecule has 150 valence electrons. The number of aryl methyl sites for hydroxylation is 1. The summed E-state index contributed by atoms with van der Waals surface area (Å²) < 4.78 is 24.8. The molecular weight excluding hydrogens is 420 g/mol. The minimum Gasteiger partial charge on any atom is -0.333 e. The van der Waals surface area contributed by atoms with Crippen molar-refractivity contribution in [1.29, 1.82) is 0 Å². The summed E-state index contributed by atoms with van der Waals surface area (Å²) in [6, 6.07) is 12.7. The molecule has 0 unspecified atom stereocenters. The lowest BCUT2D eigenvalue weighted by Crippen LogP contribution is -2.30. The van der Waals surface area contributed by atoms with E-state index < -0.39 is 20.6 Å². The fraction of sp³-hybridized carbons (Fsp3) is 0.0588. The molecule has 0 radical (unpaired) electrons. The van der Waals surface area contributed by atoms with E-state index in [0.717, 1.165) is 11.9 Å². The second-order valence-electron chi connectivity index (χ2n) is 5.82. The van der Waals surface area contributed by atoms with E-state index in [1.807, 2.05) is 6.92 Å². The fourth-order valence-corrected chi connectivity index (χ4v) is 3.34. The van der Waals surface area contributed by atoms with E-state index >= 15 is 0 Å². The van der Waals surface area contributed by atoms with Gasteiger partial charge in [0.25, 0.3) is 10.0 Å². The number of hydrogen-bond donors (Lipinski definition) is 3. The minimum atomic E-state index is -3.98. The van der Waals surface area contributed by atoms with E-state index in [1.54, 1.807) is 36.4 Å². The van der Waals surface area contributed by atoms with E-state index in [4.69, 9.17) is 11.6 Å². The highest BCUT2D eigenvalue weighted by molar-refractivity contribution is 7.89. The fourth-order valence-electron chi connectivity index (χ4n) is 2.32. The van der Waals surface area contributed by atoms with Crippen LogP contribution in [0.5, 0.6) is 0 Å². The van der Waals surface area contributed by atoms with E-state index in [2.05, 4.69) is 25.5 Å². The highest BCUT2D eigenvalue weighted by atomic mass is 35.5. The summed E-state index contributed by atoms with van der Waals surface area (Å²) in [5.74, 6) is -0.495. The zero-order valence-electron chi connectivity index (χ0n) is 15.0. The second kappa shape index (κ2) is 8.39. The number of halogens is 1. The number of nitro groups is 1. The Bertz CT molecular complexity index is 1150. The first kappa shape index (κ1) is 20.5. The number of anilines is 3. The van der Waals surface area contributed by atoms with Gasteiger partial charge in [-0.1, -0.05) is 41.4 Å². The molecular formula is C17H15ClN6O4S. The van der Waals surface area contributed by atoms with Gasteiger partial charge in [-0.25, -0.2) is 18.4 Å². The molecule has 1 aromatic heterocycles. The molecule has 0 bridgehead atoms. The van der Waals surface area contributed by atoms with Crippen LogP contribution in [-0.4, -0.2) is 23.3 Å². The Balaban J connectivity index is 1.89. The standard InChI is InChI=1S/C17H15ClN6O4S/c1-11-6-8-12(9-7-11)29(27,28)23-22-17-15(24(25)26)16(19-10-20-17)21-14-5-3-2-4-13(14)18/h2-10,23H,1H3,(H2,19,20,21,22). The molecule has 0 saturated carbocycles. The smallest absolute Gasteiger partial charge is 0.333 e. The van der Waals surface area contributed by atoms with Crippen LogP contribution in [0.25, 0.3) is 0 Å². The molecule has 29 heavy (non-hydrogen) atoms. The summed E-state index contributed by atoms with van der Waals surface area (Å²) in [5.41, 5.74) is 3.01. The van der Waals surface area contributed by atoms with Crippen molar-refractivity contribution in [3.05, 3.63) is 75.6 Å². The third-order valence-electron chi connectivity index (χ3n) is 3.77. The predicted molar refractivity (Wildman–Crippen MR) is 109 cm³/mol. The van der Waals surface area contributed by atoms with Crippen molar-refractivity contribution >= 4 is 44.6 Å². The summed E-state index contributed by atoms with van der Waals surface area (Å²) in [7, 11) is -3.98. The van der Waals surface area contributed by atoms with Gasteiger partial charge in [0.1, 0.15) is 6.33 Å². The quantitative estimate of drug-likeness (QED) is 0.379. The molecule has 0 aliphatic rings. The average Bonchev–Trinajstić information content (AvgIpc) is 2.68. The van der Waals surface area contributed by atoms with Crippen LogP contribution in [0.3, 0.4) is 0 Å². The molecule has 0 saturated heterocycles. The Labute approximate surface area is 171 Å². The lowest BCUT2D eigenvalue weighted by molar-refractivity contribution is -0.383. The molecule has 3 rings (SSSR count). The Morgan fingerprint density at radius 3 is 2.34 bits per heavy atom. The largest absolute Gasteiger partial charge is 0.354 e. The van der Waals surface area contributed by atoms with Gasteiger partial charge < -0.3 is 5.32 Å². The molecule has 0 aliphatic heterocycles. The molecule has 12 heteroatoms. The van der Waals surface area contributed by atoms with E-state index in [0.29, 0.717) is 10.7 Å². The molecule has 3 N–H and O–H groups in total. The topological polar surface area (TPSA) is 139 Å². The van der Waals surface area contributed by atoms with Crippen molar-refractivity contribution < 1.29 is 13.3 Å². The van der Waals surface area contributed by atoms with Gasteiger partial charge in [0.2, 0.25) is 11.6 Å². The third-order valence-corrected chi connectivity index (χ3v) is 5.36. The predicted octanol–water partition coefficient (Wildman–Crippen LogP) is 3.40. The molecule has 0 atom stereocenters. The average molecular weight is 435 g/mol. The zero-order chi connectivity index (χ0) is 21.0. The van der Waals surface area contributed by atoms with E-state index in [1.165, 1.54) is 12.1 Å². The number of nitrogens with zero attached hydrogens (tertiary/aromatic N) is 3. The Kier molecular flexibility index (Phi) is 5.92. The van der Waals surface area contributed by atoms with Gasteiger partial charge >= 0.3 is 5.69 Å². The van der Waals surface area contributed by atoms with Crippen LogP contribution in [0.2, 0.25) is 5.02 Å². The van der Waals surface area contributed by atoms with Gasteiger partial charge in [-0.2, -0.15) is 0 Å². The number of sulfonamides is 1. The van der Waals surface area contributed by atoms with E-state index in [-0.39, 0.29) is 16.5 Å². The molecule has 0 amide bonds. The number of para-hydroxylation sites is 1. The van der Waals surface area contributed by atoms with Crippen molar-refractivity contribution in [2.24, 2.45) is 0 Å². The van der Waals surface area contributed by atoms with Crippen molar-refractivity contribution in [2.45, 2.75) is 11.8 Å². The van der Waals surface area contributed by atoms with Crippen molar-refractivity contribution in [1.82, 2.24) is 14.8 Å². The van der Waals surface area contributed by atoms with Crippen LogP contribution in [0.4, 0.5) is 23.0 Å². The lowest BCUT2D eigenvalue weighted by Gasteiger charge is -2.12. The number of benzene rings is 2. The summed E-state index contributed by atoms with van der Waals surface area (Å²) in [6.07, 6.45) is 1.05. The van der Waals surface area contributed by atoms with E-state index in [9.17, 15) is 18.5 Å². The summed E-state index contributed by atoms with van der Waals surface area (Å²) in [6.45, 7) is 1.82. The van der Waals surface area contributed by atoms with Gasteiger partial charge in [-0.15, -0.1) is 4.83 Å². The van der Waals surface area contributed by atoms with Gasteiger partial charge in [0.15, 0.2) is 0 Å². The maximum Gasteiger partial charge on any atom is 0.354 e. The number of hydrogen-bond acceptors (Lipinski definition) is 8. The van der Waals surface area contributed by atoms with Crippen molar-refractivity contribution in [3.63, 3.8) is 0 Å². The molecule has 10 nitrogen and oxygen atoms in total. The normalized spacial score (nSPS) is 11.1. The SMILES string of the molecule is Cc1ccc(S(=O)(=O)NNc2ncnc(Nc3ccccc3Cl)c2[N+](=O)[O-])cc1. The molecule has 3 aromatic rings. The van der Waals surface area contributed by atoms with Gasteiger partial charge in [-0.3, -0.25) is 15.5 Å².